The van der Waals surface area contributed by atoms with Crippen LogP contribution in [0.4, 0.5) is 13.2 Å². The van der Waals surface area contributed by atoms with Gasteiger partial charge in [-0.3, -0.25) is 18.5 Å². The summed E-state index contributed by atoms with van der Waals surface area (Å²) in [6.45, 7) is -0.0482. The summed E-state index contributed by atoms with van der Waals surface area (Å²) in [4.78, 5) is 30.5. The molecule has 0 bridgehead atoms. The second kappa shape index (κ2) is 10.2. The zero-order valence-electron chi connectivity index (χ0n) is 19.1. The molecule has 0 saturated carbocycles. The first kappa shape index (κ1) is 25.6. The van der Waals surface area contributed by atoms with E-state index >= 15 is 0 Å². The van der Waals surface area contributed by atoms with Crippen molar-refractivity contribution in [2.75, 3.05) is 6.61 Å². The van der Waals surface area contributed by atoms with Crippen molar-refractivity contribution in [1.29, 1.82) is 0 Å². The van der Waals surface area contributed by atoms with Gasteiger partial charge in [-0.05, 0) is 43.0 Å². The van der Waals surface area contributed by atoms with Gasteiger partial charge in [-0.2, -0.15) is 4.98 Å². The van der Waals surface area contributed by atoms with Gasteiger partial charge in [0.05, 0.1) is 0 Å². The van der Waals surface area contributed by atoms with Gasteiger partial charge in [0, 0.05) is 37.8 Å². The molecule has 0 aliphatic heterocycles. The standard InChI is InChI=1S/C23H22ClF3N4O5/c1-29-19-18(20(33)30(22(29)34)10-3-11-32)31(13-14-6-8-15(24)9-7-14)21(28-19)35-16-4-2-5-17(12-16)36-23(25,26)27/h2,4-6,8,12,32H,3,7,9-11,13H2,1H3. The Bertz CT molecular complexity index is 1470. The van der Waals surface area contributed by atoms with Crippen LogP contribution in [-0.2, 0) is 20.1 Å². The minimum atomic E-state index is -4.88. The number of alkyl halides is 3. The van der Waals surface area contributed by atoms with Gasteiger partial charge in [-0.1, -0.05) is 23.7 Å². The van der Waals surface area contributed by atoms with Gasteiger partial charge in [-0.25, -0.2) is 4.79 Å². The van der Waals surface area contributed by atoms with Crippen LogP contribution in [0.25, 0.3) is 11.2 Å². The fraction of sp³-hybridized carbons (Fsp3) is 0.348. The third kappa shape index (κ3) is 5.49. The van der Waals surface area contributed by atoms with Crippen molar-refractivity contribution in [3.63, 3.8) is 0 Å². The minimum absolute atomic E-state index is 0.00279. The third-order valence-corrected chi connectivity index (χ3v) is 5.85. The fourth-order valence-electron chi connectivity index (χ4n) is 3.83. The molecule has 13 heteroatoms. The van der Waals surface area contributed by atoms with Crippen LogP contribution in [0.3, 0.4) is 0 Å². The van der Waals surface area contributed by atoms with Crippen LogP contribution >= 0.6 is 11.6 Å². The molecular formula is C23H22ClF3N4O5. The molecule has 0 atom stereocenters. The highest BCUT2D eigenvalue weighted by Gasteiger charge is 2.31. The van der Waals surface area contributed by atoms with Crippen LogP contribution < -0.4 is 20.7 Å². The normalized spacial score (nSPS) is 14.1. The molecule has 0 spiro atoms. The Balaban J connectivity index is 1.85. The summed E-state index contributed by atoms with van der Waals surface area (Å²) in [6.07, 6.45) is 0.0728. The van der Waals surface area contributed by atoms with Crippen molar-refractivity contribution in [2.24, 2.45) is 7.05 Å². The third-order valence-electron chi connectivity index (χ3n) is 5.53. The highest BCUT2D eigenvalue weighted by Crippen LogP contribution is 2.31. The molecular weight excluding hydrogens is 505 g/mol. The van der Waals surface area contributed by atoms with Crippen molar-refractivity contribution in [3.8, 4) is 17.5 Å². The molecule has 1 aromatic carbocycles. The predicted octanol–water partition coefficient (Wildman–Crippen LogP) is 3.81. The van der Waals surface area contributed by atoms with E-state index in [1.54, 1.807) is 6.08 Å². The number of hydrogen-bond acceptors (Lipinski definition) is 6. The first-order valence-electron chi connectivity index (χ1n) is 11.0. The summed E-state index contributed by atoms with van der Waals surface area (Å²) in [5.74, 6) is -0.504. The number of allylic oxidation sites excluding steroid dienone is 4. The first-order chi connectivity index (χ1) is 17.1. The van der Waals surface area contributed by atoms with Gasteiger partial charge < -0.3 is 14.6 Å². The van der Waals surface area contributed by atoms with Crippen LogP contribution in [0.1, 0.15) is 19.3 Å². The van der Waals surface area contributed by atoms with Crippen molar-refractivity contribution in [2.45, 2.75) is 38.7 Å². The van der Waals surface area contributed by atoms with E-state index in [0.29, 0.717) is 17.9 Å². The molecule has 1 N–H and O–H groups in total. The molecule has 4 rings (SSSR count). The predicted molar refractivity (Wildman–Crippen MR) is 125 cm³/mol. The monoisotopic (exact) mass is 526 g/mol. The van der Waals surface area contributed by atoms with E-state index in [9.17, 15) is 27.9 Å². The van der Waals surface area contributed by atoms with Crippen molar-refractivity contribution >= 4 is 22.8 Å². The highest BCUT2D eigenvalue weighted by atomic mass is 35.5. The Morgan fingerprint density at radius 2 is 1.89 bits per heavy atom. The van der Waals surface area contributed by atoms with E-state index in [1.807, 2.05) is 6.08 Å². The van der Waals surface area contributed by atoms with E-state index < -0.39 is 23.4 Å². The lowest BCUT2D eigenvalue weighted by molar-refractivity contribution is -0.274. The Morgan fingerprint density at radius 1 is 1.14 bits per heavy atom. The number of aliphatic hydroxyl groups excluding tert-OH is 1. The molecule has 9 nitrogen and oxygen atoms in total. The average Bonchev–Trinajstić information content (AvgIpc) is 3.16. The molecule has 0 unspecified atom stereocenters. The molecule has 3 aromatic rings. The summed E-state index contributed by atoms with van der Waals surface area (Å²) in [5.41, 5.74) is -0.220. The van der Waals surface area contributed by atoms with Gasteiger partial charge in [0.25, 0.3) is 5.56 Å². The molecule has 0 amide bonds. The SMILES string of the molecule is Cn1c(=O)n(CCCO)c(=O)c2c1nc(Oc1cccc(OC(F)(F)F)c1)n2CC1=CC=C(Cl)CC1. The smallest absolute Gasteiger partial charge is 0.425 e. The first-order valence-corrected chi connectivity index (χ1v) is 11.3. The number of aryl methyl sites for hydroxylation is 1. The maximum Gasteiger partial charge on any atom is 0.573 e. The van der Waals surface area contributed by atoms with E-state index in [-0.39, 0.29) is 49.0 Å². The summed E-state index contributed by atoms with van der Waals surface area (Å²) in [6, 6.07) is 4.79. The molecule has 1 aliphatic rings. The number of hydrogen-bond donors (Lipinski definition) is 1. The number of halogens is 4. The van der Waals surface area contributed by atoms with Crippen LogP contribution in [-0.4, -0.2) is 36.8 Å². The Morgan fingerprint density at radius 3 is 2.56 bits per heavy atom. The molecule has 2 heterocycles. The fourth-order valence-corrected chi connectivity index (χ4v) is 3.99. The molecule has 0 radical (unpaired) electrons. The highest BCUT2D eigenvalue weighted by molar-refractivity contribution is 6.29. The van der Waals surface area contributed by atoms with Crippen molar-refractivity contribution in [1.82, 2.24) is 18.7 Å². The van der Waals surface area contributed by atoms with E-state index in [0.717, 1.165) is 22.3 Å². The molecule has 1 aliphatic carbocycles. The summed E-state index contributed by atoms with van der Waals surface area (Å²) < 4.78 is 51.4. The second-order valence-electron chi connectivity index (χ2n) is 8.09. The number of fused-ring (bicyclic) bond motifs is 1. The van der Waals surface area contributed by atoms with Gasteiger partial charge in [0.15, 0.2) is 11.2 Å². The number of aromatic nitrogens is 4. The largest absolute Gasteiger partial charge is 0.573 e. The number of benzene rings is 1. The quantitative estimate of drug-likeness (QED) is 0.479. The number of nitrogens with zero attached hydrogens (tertiary/aromatic N) is 4. The minimum Gasteiger partial charge on any atom is -0.425 e. The lowest BCUT2D eigenvalue weighted by atomic mass is 10.1. The molecule has 0 saturated heterocycles. The number of rotatable bonds is 8. The Hall–Kier alpha value is -3.51. The average molecular weight is 527 g/mol. The summed E-state index contributed by atoms with van der Waals surface area (Å²) in [5, 5.41) is 9.86. The number of imidazole rings is 1. The van der Waals surface area contributed by atoms with Crippen LogP contribution in [0.15, 0.2) is 56.6 Å². The lowest BCUT2D eigenvalue weighted by Crippen LogP contribution is -2.40. The van der Waals surface area contributed by atoms with Gasteiger partial charge >= 0.3 is 18.1 Å². The lowest BCUT2D eigenvalue weighted by Gasteiger charge is -2.15. The van der Waals surface area contributed by atoms with Crippen LogP contribution in [0.2, 0.25) is 0 Å². The van der Waals surface area contributed by atoms with E-state index in [4.69, 9.17) is 16.3 Å². The molecule has 192 valence electrons. The van der Waals surface area contributed by atoms with E-state index in [1.165, 1.54) is 28.3 Å². The van der Waals surface area contributed by atoms with Crippen LogP contribution in [0.5, 0.6) is 17.5 Å². The maximum atomic E-state index is 13.4. The number of aliphatic hydroxyl groups is 1. The molecule has 0 fully saturated rings. The summed E-state index contributed by atoms with van der Waals surface area (Å²) in [7, 11) is 1.45. The molecule has 2 aromatic heterocycles. The molecule has 36 heavy (non-hydrogen) atoms. The number of ether oxygens (including phenoxy) is 2. The second-order valence-corrected chi connectivity index (χ2v) is 8.58. The van der Waals surface area contributed by atoms with Gasteiger partial charge in [0.2, 0.25) is 0 Å². The van der Waals surface area contributed by atoms with E-state index in [2.05, 4.69) is 9.72 Å². The van der Waals surface area contributed by atoms with Gasteiger partial charge in [0.1, 0.15) is 11.5 Å². The summed E-state index contributed by atoms with van der Waals surface area (Å²) >= 11 is 6.06. The van der Waals surface area contributed by atoms with Crippen molar-refractivity contribution in [3.05, 3.63) is 67.9 Å². The van der Waals surface area contributed by atoms with Crippen molar-refractivity contribution < 1.29 is 27.8 Å². The Kier molecular flexibility index (Phi) is 7.27. The maximum absolute atomic E-state index is 13.4. The Labute approximate surface area is 207 Å². The zero-order chi connectivity index (χ0) is 26.0. The van der Waals surface area contributed by atoms with Gasteiger partial charge in [-0.15, -0.1) is 13.2 Å². The zero-order valence-corrected chi connectivity index (χ0v) is 19.8. The van der Waals surface area contributed by atoms with Crippen LogP contribution in [0, 0.1) is 0 Å². The topological polar surface area (TPSA) is 101 Å².